The minimum absolute atomic E-state index is 0.207. The molecule has 1 heterocycles. The molecule has 0 aliphatic carbocycles. The summed E-state index contributed by atoms with van der Waals surface area (Å²) in [6.07, 6.45) is 0. The number of rotatable bonds is 4. The quantitative estimate of drug-likeness (QED) is 0.906. The molecule has 1 amide bonds. The molecule has 3 N–H and O–H groups in total. The molecule has 20 heavy (non-hydrogen) atoms. The van der Waals surface area contributed by atoms with E-state index in [0.29, 0.717) is 12.2 Å². The standard InChI is InChI=1S/C14H18N4OS/c1-9-6-10(18(2)3)4-5-11(9)17-14(19)12-8-20-13(7-15)16-12/h4-6,8H,7,15H2,1-3H3,(H,17,19). The molecule has 0 spiro atoms. The fraction of sp³-hybridized carbons (Fsp3) is 0.286. The number of hydrogen-bond acceptors (Lipinski definition) is 5. The van der Waals surface area contributed by atoms with Crippen molar-refractivity contribution in [1.82, 2.24) is 4.98 Å². The highest BCUT2D eigenvalue weighted by Crippen LogP contribution is 2.22. The number of amides is 1. The first kappa shape index (κ1) is 14.5. The molecule has 2 rings (SSSR count). The van der Waals surface area contributed by atoms with E-state index >= 15 is 0 Å². The van der Waals surface area contributed by atoms with Crippen molar-refractivity contribution in [1.29, 1.82) is 0 Å². The van der Waals surface area contributed by atoms with E-state index in [1.165, 1.54) is 11.3 Å². The fourth-order valence-electron chi connectivity index (χ4n) is 1.76. The second-order valence-corrected chi connectivity index (χ2v) is 5.62. The molecule has 0 aliphatic heterocycles. The molecule has 106 valence electrons. The summed E-state index contributed by atoms with van der Waals surface area (Å²) in [5.74, 6) is -0.207. The summed E-state index contributed by atoms with van der Waals surface area (Å²) >= 11 is 1.40. The van der Waals surface area contributed by atoms with Crippen molar-refractivity contribution in [2.45, 2.75) is 13.5 Å². The van der Waals surface area contributed by atoms with Crippen LogP contribution in [0.4, 0.5) is 11.4 Å². The van der Waals surface area contributed by atoms with Crippen LogP contribution in [0.5, 0.6) is 0 Å². The second-order valence-electron chi connectivity index (χ2n) is 4.68. The highest BCUT2D eigenvalue weighted by atomic mass is 32.1. The Morgan fingerprint density at radius 2 is 2.20 bits per heavy atom. The van der Waals surface area contributed by atoms with Gasteiger partial charge in [-0.05, 0) is 30.7 Å². The van der Waals surface area contributed by atoms with Gasteiger partial charge in [-0.1, -0.05) is 0 Å². The summed E-state index contributed by atoms with van der Waals surface area (Å²) in [5, 5.41) is 5.36. The number of nitrogens with zero attached hydrogens (tertiary/aromatic N) is 2. The average molecular weight is 290 g/mol. The lowest BCUT2D eigenvalue weighted by Gasteiger charge is -2.15. The Kier molecular flexibility index (Phi) is 4.36. The Bertz CT molecular complexity index is 621. The molecule has 0 saturated carbocycles. The van der Waals surface area contributed by atoms with E-state index in [1.54, 1.807) is 5.38 Å². The molecule has 0 fully saturated rings. The van der Waals surface area contributed by atoms with Crippen LogP contribution in [0.3, 0.4) is 0 Å². The van der Waals surface area contributed by atoms with E-state index in [0.717, 1.165) is 21.9 Å². The van der Waals surface area contributed by atoms with Gasteiger partial charge < -0.3 is 16.0 Å². The van der Waals surface area contributed by atoms with Crippen molar-refractivity contribution in [3.05, 3.63) is 39.8 Å². The first-order valence-corrected chi connectivity index (χ1v) is 7.13. The number of thiazole rings is 1. The number of carbonyl (C=O) groups is 1. The SMILES string of the molecule is Cc1cc(N(C)C)ccc1NC(=O)c1csc(CN)n1. The lowest BCUT2D eigenvalue weighted by Crippen LogP contribution is -2.14. The van der Waals surface area contributed by atoms with Crippen LogP contribution < -0.4 is 16.0 Å². The van der Waals surface area contributed by atoms with E-state index in [2.05, 4.69) is 10.3 Å². The number of nitrogens with two attached hydrogens (primary N) is 1. The van der Waals surface area contributed by atoms with Gasteiger partial charge in [0.1, 0.15) is 10.7 Å². The van der Waals surface area contributed by atoms with Crippen LogP contribution in [-0.2, 0) is 6.54 Å². The zero-order chi connectivity index (χ0) is 14.7. The average Bonchev–Trinajstić information content (AvgIpc) is 2.89. The van der Waals surface area contributed by atoms with E-state index in [-0.39, 0.29) is 5.91 Å². The number of nitrogens with one attached hydrogen (secondary N) is 1. The van der Waals surface area contributed by atoms with Crippen LogP contribution in [0.1, 0.15) is 21.1 Å². The molecule has 6 heteroatoms. The zero-order valence-electron chi connectivity index (χ0n) is 11.8. The number of aromatic nitrogens is 1. The predicted molar refractivity (Wildman–Crippen MR) is 83.5 cm³/mol. The first-order chi connectivity index (χ1) is 9.51. The molecular formula is C14H18N4OS. The normalized spacial score (nSPS) is 10.4. The van der Waals surface area contributed by atoms with Crippen LogP contribution in [0.25, 0.3) is 0 Å². The highest BCUT2D eigenvalue weighted by Gasteiger charge is 2.12. The molecule has 0 aliphatic rings. The fourth-order valence-corrected chi connectivity index (χ4v) is 2.42. The van der Waals surface area contributed by atoms with Gasteiger partial charge in [0.25, 0.3) is 5.91 Å². The van der Waals surface area contributed by atoms with Crippen molar-refractivity contribution in [3.63, 3.8) is 0 Å². The van der Waals surface area contributed by atoms with Gasteiger partial charge in [-0.3, -0.25) is 4.79 Å². The maximum atomic E-state index is 12.1. The van der Waals surface area contributed by atoms with Crippen LogP contribution in [0.15, 0.2) is 23.6 Å². The topological polar surface area (TPSA) is 71.2 Å². The summed E-state index contributed by atoms with van der Waals surface area (Å²) in [6, 6.07) is 5.90. The molecule has 1 aromatic heterocycles. The molecular weight excluding hydrogens is 272 g/mol. The largest absolute Gasteiger partial charge is 0.378 e. The van der Waals surface area contributed by atoms with Gasteiger partial charge >= 0.3 is 0 Å². The lowest BCUT2D eigenvalue weighted by atomic mass is 10.1. The van der Waals surface area contributed by atoms with Crippen molar-refractivity contribution in [2.24, 2.45) is 5.73 Å². The summed E-state index contributed by atoms with van der Waals surface area (Å²) in [5.41, 5.74) is 8.81. The molecule has 0 saturated heterocycles. The third-order valence-corrected chi connectivity index (χ3v) is 3.80. The molecule has 0 bridgehead atoms. The Balaban J connectivity index is 2.15. The van der Waals surface area contributed by atoms with E-state index < -0.39 is 0 Å². The van der Waals surface area contributed by atoms with E-state index in [9.17, 15) is 4.79 Å². The third-order valence-electron chi connectivity index (χ3n) is 2.93. The zero-order valence-corrected chi connectivity index (χ0v) is 12.6. The molecule has 5 nitrogen and oxygen atoms in total. The Morgan fingerprint density at radius 3 is 2.75 bits per heavy atom. The third kappa shape index (κ3) is 3.15. The predicted octanol–water partition coefficient (Wildman–Crippen LogP) is 2.23. The summed E-state index contributed by atoms with van der Waals surface area (Å²) in [6.45, 7) is 2.32. The van der Waals surface area contributed by atoms with Gasteiger partial charge in [-0.25, -0.2) is 4.98 Å². The molecule has 0 radical (unpaired) electrons. The van der Waals surface area contributed by atoms with Crippen molar-refractivity contribution in [3.8, 4) is 0 Å². The van der Waals surface area contributed by atoms with Crippen molar-refractivity contribution < 1.29 is 4.79 Å². The molecule has 0 atom stereocenters. The minimum atomic E-state index is -0.207. The monoisotopic (exact) mass is 290 g/mol. The Labute approximate surface area is 122 Å². The number of carbonyl (C=O) groups excluding carboxylic acids is 1. The number of anilines is 2. The smallest absolute Gasteiger partial charge is 0.275 e. The van der Waals surface area contributed by atoms with Gasteiger partial charge in [-0.15, -0.1) is 11.3 Å². The number of benzene rings is 1. The first-order valence-electron chi connectivity index (χ1n) is 6.25. The lowest BCUT2D eigenvalue weighted by molar-refractivity contribution is 0.102. The minimum Gasteiger partial charge on any atom is -0.378 e. The van der Waals surface area contributed by atoms with Gasteiger partial charge in [0.2, 0.25) is 0 Å². The number of aryl methyl sites for hydroxylation is 1. The molecule has 1 aromatic carbocycles. The summed E-state index contributed by atoms with van der Waals surface area (Å²) in [4.78, 5) is 18.3. The van der Waals surface area contributed by atoms with E-state index in [1.807, 2.05) is 44.1 Å². The van der Waals surface area contributed by atoms with Gasteiger partial charge in [0.05, 0.1) is 0 Å². The number of hydrogen-bond donors (Lipinski definition) is 2. The maximum Gasteiger partial charge on any atom is 0.275 e. The van der Waals surface area contributed by atoms with Gasteiger partial charge in [0, 0.05) is 37.4 Å². The van der Waals surface area contributed by atoms with Crippen LogP contribution in [0, 0.1) is 6.92 Å². The van der Waals surface area contributed by atoms with E-state index in [4.69, 9.17) is 5.73 Å². The van der Waals surface area contributed by atoms with Crippen molar-refractivity contribution in [2.75, 3.05) is 24.3 Å². The summed E-state index contributed by atoms with van der Waals surface area (Å²) < 4.78 is 0. The molecule has 2 aromatic rings. The van der Waals surface area contributed by atoms with Crippen LogP contribution >= 0.6 is 11.3 Å². The van der Waals surface area contributed by atoms with Gasteiger partial charge in [0.15, 0.2) is 0 Å². The second kappa shape index (κ2) is 6.02. The highest BCUT2D eigenvalue weighted by molar-refractivity contribution is 7.09. The van der Waals surface area contributed by atoms with Gasteiger partial charge in [-0.2, -0.15) is 0 Å². The Hall–Kier alpha value is -1.92. The maximum absolute atomic E-state index is 12.1. The molecule has 0 unspecified atom stereocenters. The summed E-state index contributed by atoms with van der Waals surface area (Å²) in [7, 11) is 3.97. The van der Waals surface area contributed by atoms with Crippen LogP contribution in [0.2, 0.25) is 0 Å². The Morgan fingerprint density at radius 1 is 1.45 bits per heavy atom. The van der Waals surface area contributed by atoms with Crippen LogP contribution in [-0.4, -0.2) is 25.0 Å². The van der Waals surface area contributed by atoms with Crippen molar-refractivity contribution >= 4 is 28.6 Å².